The number of oxazole rings is 1. The SMILES string of the molecule is CC1CC(Nc2nc3cc(N)ccc3o2)CCN1C. The van der Waals surface area contributed by atoms with Gasteiger partial charge in [-0.25, -0.2) is 0 Å². The largest absolute Gasteiger partial charge is 0.424 e. The van der Waals surface area contributed by atoms with E-state index >= 15 is 0 Å². The number of benzene rings is 1. The summed E-state index contributed by atoms with van der Waals surface area (Å²) in [6, 6.07) is 7.14. The lowest BCUT2D eigenvalue weighted by atomic mass is 9.99. The first-order chi connectivity index (χ1) is 9.11. The monoisotopic (exact) mass is 260 g/mol. The second-order valence-electron chi connectivity index (χ2n) is 5.44. The van der Waals surface area contributed by atoms with E-state index in [2.05, 4.69) is 29.2 Å². The average Bonchev–Trinajstić information content (AvgIpc) is 2.75. The molecule has 2 atom stereocenters. The summed E-state index contributed by atoms with van der Waals surface area (Å²) in [5, 5.41) is 3.40. The Kier molecular flexibility index (Phi) is 3.06. The molecule has 0 bridgehead atoms. The van der Waals surface area contributed by atoms with Gasteiger partial charge >= 0.3 is 0 Å². The van der Waals surface area contributed by atoms with Crippen molar-refractivity contribution < 1.29 is 4.42 Å². The molecule has 0 aliphatic carbocycles. The van der Waals surface area contributed by atoms with Gasteiger partial charge in [-0.2, -0.15) is 4.98 Å². The normalized spacial score (nSPS) is 24.7. The Hall–Kier alpha value is -1.75. The highest BCUT2D eigenvalue weighted by Gasteiger charge is 2.23. The smallest absolute Gasteiger partial charge is 0.295 e. The van der Waals surface area contributed by atoms with Gasteiger partial charge in [0.25, 0.3) is 6.01 Å². The van der Waals surface area contributed by atoms with Crippen molar-refractivity contribution in [1.82, 2.24) is 9.88 Å². The molecular weight excluding hydrogens is 240 g/mol. The molecular formula is C14H20N4O. The zero-order valence-corrected chi connectivity index (χ0v) is 11.4. The summed E-state index contributed by atoms with van der Waals surface area (Å²) in [5.74, 6) is 0. The number of fused-ring (bicyclic) bond motifs is 1. The summed E-state index contributed by atoms with van der Waals surface area (Å²) in [6.07, 6.45) is 2.22. The quantitative estimate of drug-likeness (QED) is 0.811. The van der Waals surface area contributed by atoms with Crippen molar-refractivity contribution in [3.63, 3.8) is 0 Å². The number of hydrogen-bond donors (Lipinski definition) is 2. The van der Waals surface area contributed by atoms with Crippen LogP contribution in [0.3, 0.4) is 0 Å². The van der Waals surface area contributed by atoms with Gasteiger partial charge in [0.1, 0.15) is 5.52 Å². The van der Waals surface area contributed by atoms with Crippen LogP contribution in [0.4, 0.5) is 11.7 Å². The van der Waals surface area contributed by atoms with Gasteiger partial charge in [-0.1, -0.05) is 0 Å². The van der Waals surface area contributed by atoms with Crippen LogP contribution < -0.4 is 11.1 Å². The number of piperidine rings is 1. The molecule has 0 radical (unpaired) electrons. The van der Waals surface area contributed by atoms with E-state index in [0.29, 0.717) is 23.8 Å². The molecule has 5 heteroatoms. The van der Waals surface area contributed by atoms with Gasteiger partial charge < -0.3 is 20.4 Å². The van der Waals surface area contributed by atoms with Gasteiger partial charge in [0, 0.05) is 24.3 Å². The lowest BCUT2D eigenvalue weighted by Crippen LogP contribution is -2.42. The van der Waals surface area contributed by atoms with Gasteiger partial charge in [0.15, 0.2) is 5.58 Å². The number of nitrogens with zero attached hydrogens (tertiary/aromatic N) is 2. The number of likely N-dealkylation sites (tertiary alicyclic amines) is 1. The van der Waals surface area contributed by atoms with Crippen LogP contribution >= 0.6 is 0 Å². The molecule has 0 amide bonds. The molecule has 1 aromatic heterocycles. The minimum atomic E-state index is 0.427. The minimum Gasteiger partial charge on any atom is -0.424 e. The maximum Gasteiger partial charge on any atom is 0.295 e. The van der Waals surface area contributed by atoms with E-state index in [0.717, 1.165) is 30.5 Å². The van der Waals surface area contributed by atoms with Crippen LogP contribution in [0.5, 0.6) is 0 Å². The summed E-state index contributed by atoms with van der Waals surface area (Å²) >= 11 is 0. The molecule has 3 N–H and O–H groups in total. The highest BCUT2D eigenvalue weighted by molar-refractivity contribution is 5.78. The first-order valence-electron chi connectivity index (χ1n) is 6.74. The molecule has 1 aromatic carbocycles. The van der Waals surface area contributed by atoms with Gasteiger partial charge in [-0.15, -0.1) is 0 Å². The zero-order valence-electron chi connectivity index (χ0n) is 11.4. The molecule has 1 fully saturated rings. The van der Waals surface area contributed by atoms with Gasteiger partial charge in [0.2, 0.25) is 0 Å². The van der Waals surface area contributed by atoms with Crippen molar-refractivity contribution in [3.8, 4) is 0 Å². The molecule has 19 heavy (non-hydrogen) atoms. The van der Waals surface area contributed by atoms with Gasteiger partial charge in [0.05, 0.1) is 0 Å². The molecule has 1 aliphatic heterocycles. The Morgan fingerprint density at radius 2 is 2.32 bits per heavy atom. The van der Waals surface area contributed by atoms with Crippen molar-refractivity contribution in [2.45, 2.75) is 31.8 Å². The Morgan fingerprint density at radius 1 is 1.47 bits per heavy atom. The van der Waals surface area contributed by atoms with Crippen molar-refractivity contribution >= 4 is 22.8 Å². The van der Waals surface area contributed by atoms with E-state index in [1.807, 2.05) is 18.2 Å². The fourth-order valence-electron chi connectivity index (χ4n) is 2.60. The third-order valence-electron chi connectivity index (χ3n) is 3.95. The van der Waals surface area contributed by atoms with E-state index in [1.54, 1.807) is 0 Å². The van der Waals surface area contributed by atoms with Crippen molar-refractivity contribution in [1.29, 1.82) is 0 Å². The first-order valence-corrected chi connectivity index (χ1v) is 6.74. The third-order valence-corrected chi connectivity index (χ3v) is 3.95. The van der Waals surface area contributed by atoms with E-state index in [-0.39, 0.29) is 0 Å². The Balaban J connectivity index is 1.74. The molecule has 0 saturated carbocycles. The summed E-state index contributed by atoms with van der Waals surface area (Å²) in [5.41, 5.74) is 8.04. The summed E-state index contributed by atoms with van der Waals surface area (Å²) in [4.78, 5) is 6.82. The second kappa shape index (κ2) is 4.74. The van der Waals surface area contributed by atoms with Crippen LogP contribution in [-0.4, -0.2) is 35.6 Å². The predicted octanol–water partition coefficient (Wildman–Crippen LogP) is 2.30. The topological polar surface area (TPSA) is 67.3 Å². The highest BCUT2D eigenvalue weighted by atomic mass is 16.4. The molecule has 2 aromatic rings. The number of nitrogen functional groups attached to an aromatic ring is 1. The van der Waals surface area contributed by atoms with Crippen molar-refractivity contribution in [3.05, 3.63) is 18.2 Å². The fourth-order valence-corrected chi connectivity index (χ4v) is 2.60. The molecule has 1 aliphatic rings. The summed E-state index contributed by atoms with van der Waals surface area (Å²) < 4.78 is 5.70. The molecule has 0 spiro atoms. The van der Waals surface area contributed by atoms with Gasteiger partial charge in [-0.3, -0.25) is 0 Å². The maximum atomic E-state index is 5.74. The average molecular weight is 260 g/mol. The number of nitrogens with two attached hydrogens (primary N) is 1. The second-order valence-corrected chi connectivity index (χ2v) is 5.44. The van der Waals surface area contributed by atoms with Crippen molar-refractivity contribution in [2.24, 2.45) is 0 Å². The lowest BCUT2D eigenvalue weighted by Gasteiger charge is -2.34. The first kappa shape index (κ1) is 12.3. The van der Waals surface area contributed by atoms with E-state index in [1.165, 1.54) is 0 Å². The maximum absolute atomic E-state index is 5.74. The van der Waals surface area contributed by atoms with Crippen LogP contribution in [0.15, 0.2) is 22.6 Å². The summed E-state index contributed by atoms with van der Waals surface area (Å²) in [7, 11) is 2.17. The lowest BCUT2D eigenvalue weighted by molar-refractivity contribution is 0.189. The highest BCUT2D eigenvalue weighted by Crippen LogP contribution is 2.24. The van der Waals surface area contributed by atoms with Crippen LogP contribution in [0, 0.1) is 0 Å². The molecule has 102 valence electrons. The Bertz CT molecular complexity index is 580. The Labute approximate surface area is 112 Å². The number of hydrogen-bond acceptors (Lipinski definition) is 5. The molecule has 2 heterocycles. The van der Waals surface area contributed by atoms with Crippen LogP contribution in [0.25, 0.3) is 11.1 Å². The number of nitrogens with one attached hydrogen (secondary N) is 1. The molecule has 1 saturated heterocycles. The Morgan fingerprint density at radius 3 is 3.11 bits per heavy atom. The zero-order chi connectivity index (χ0) is 13.4. The third kappa shape index (κ3) is 2.51. The summed E-state index contributed by atoms with van der Waals surface area (Å²) in [6.45, 7) is 3.35. The molecule has 5 nitrogen and oxygen atoms in total. The standard InChI is InChI=1S/C14H20N4O/c1-9-7-11(5-6-18(9)2)16-14-17-12-8-10(15)3-4-13(12)19-14/h3-4,8-9,11H,5-7,15H2,1-2H3,(H,16,17). The van der Waals surface area contributed by atoms with E-state index < -0.39 is 0 Å². The van der Waals surface area contributed by atoms with Crippen LogP contribution in [-0.2, 0) is 0 Å². The van der Waals surface area contributed by atoms with E-state index in [9.17, 15) is 0 Å². The number of anilines is 2. The fraction of sp³-hybridized carbons (Fsp3) is 0.500. The van der Waals surface area contributed by atoms with Gasteiger partial charge in [-0.05, 0) is 45.0 Å². The van der Waals surface area contributed by atoms with Crippen LogP contribution in [0.2, 0.25) is 0 Å². The number of rotatable bonds is 2. The minimum absolute atomic E-state index is 0.427. The predicted molar refractivity (Wildman–Crippen MR) is 77.2 cm³/mol. The number of aromatic nitrogens is 1. The van der Waals surface area contributed by atoms with Crippen LogP contribution in [0.1, 0.15) is 19.8 Å². The van der Waals surface area contributed by atoms with Crippen molar-refractivity contribution in [2.75, 3.05) is 24.6 Å². The molecule has 2 unspecified atom stereocenters. The van der Waals surface area contributed by atoms with E-state index in [4.69, 9.17) is 10.2 Å². The molecule has 3 rings (SSSR count).